The summed E-state index contributed by atoms with van der Waals surface area (Å²) in [6.45, 7) is 4.26. The minimum Gasteiger partial charge on any atom is -0.493 e. The van der Waals surface area contributed by atoms with Crippen LogP contribution in [0, 0.1) is 6.92 Å². The normalized spacial score (nSPS) is 12.0. The van der Waals surface area contributed by atoms with Crippen molar-refractivity contribution in [3.8, 4) is 11.5 Å². The number of aliphatic carboxylic acids is 1. The van der Waals surface area contributed by atoms with Crippen molar-refractivity contribution in [2.45, 2.75) is 32.8 Å². The molecular weight excluding hydrogens is 380 g/mol. The number of aryl methyl sites for hydroxylation is 1. The number of hydrogen-bond donors (Lipinski definition) is 1. The van der Waals surface area contributed by atoms with Gasteiger partial charge in [0.25, 0.3) is 0 Å². The second-order valence-corrected chi connectivity index (χ2v) is 7.63. The summed E-state index contributed by atoms with van der Waals surface area (Å²) in [6.07, 6.45) is 0.450. The van der Waals surface area contributed by atoms with Crippen LogP contribution in [0.25, 0.3) is 0 Å². The maximum Gasteiger partial charge on any atom is 0.344 e. The van der Waals surface area contributed by atoms with Crippen LogP contribution in [0.5, 0.6) is 11.5 Å². The number of carboxylic acid groups (broad SMARTS) is 1. The van der Waals surface area contributed by atoms with Gasteiger partial charge in [-0.05, 0) is 65.2 Å². The first-order valence-electron chi connectivity index (χ1n) is 7.36. The molecule has 0 aliphatic rings. The fourth-order valence-corrected chi connectivity index (χ4v) is 3.53. The Bertz CT molecular complexity index is 668. The molecule has 2 rings (SSSR count). The van der Waals surface area contributed by atoms with Gasteiger partial charge in [0, 0.05) is 11.3 Å². The number of ether oxygens (including phenoxy) is 2. The summed E-state index contributed by atoms with van der Waals surface area (Å²) in [5, 5.41) is 9.05. The van der Waals surface area contributed by atoms with Crippen LogP contribution >= 0.6 is 27.3 Å². The van der Waals surface area contributed by atoms with E-state index < -0.39 is 12.1 Å². The van der Waals surface area contributed by atoms with Gasteiger partial charge in [-0.25, -0.2) is 4.79 Å². The lowest BCUT2D eigenvalue weighted by atomic mass is 10.2. The fourth-order valence-electron chi connectivity index (χ4n) is 2.06. The first-order chi connectivity index (χ1) is 11.0. The van der Waals surface area contributed by atoms with Gasteiger partial charge in [-0.2, -0.15) is 0 Å². The molecule has 2 aromatic rings. The molecule has 0 bridgehead atoms. The Kier molecular flexibility index (Phi) is 6.47. The Morgan fingerprint density at radius 3 is 2.70 bits per heavy atom. The molecule has 1 N–H and O–H groups in total. The van der Waals surface area contributed by atoms with E-state index in [4.69, 9.17) is 14.6 Å². The summed E-state index contributed by atoms with van der Waals surface area (Å²) < 4.78 is 12.4. The maximum absolute atomic E-state index is 11.0. The SMILES string of the molecule is CCC(Oc1ccc(OCCc2ccc(Br)s2)cc1C)C(=O)O. The maximum atomic E-state index is 11.0. The Morgan fingerprint density at radius 1 is 1.35 bits per heavy atom. The predicted molar refractivity (Wildman–Crippen MR) is 94.7 cm³/mol. The van der Waals surface area contributed by atoms with Crippen molar-refractivity contribution in [2.75, 3.05) is 6.61 Å². The Morgan fingerprint density at radius 2 is 2.13 bits per heavy atom. The van der Waals surface area contributed by atoms with Crippen molar-refractivity contribution in [3.63, 3.8) is 0 Å². The topological polar surface area (TPSA) is 55.8 Å². The first kappa shape index (κ1) is 17.8. The minimum absolute atomic E-state index is 0.420. The molecule has 0 aliphatic heterocycles. The number of carbonyl (C=O) groups is 1. The Balaban J connectivity index is 1.92. The van der Waals surface area contributed by atoms with Gasteiger partial charge in [-0.15, -0.1) is 11.3 Å². The van der Waals surface area contributed by atoms with E-state index >= 15 is 0 Å². The van der Waals surface area contributed by atoms with Gasteiger partial charge in [0.15, 0.2) is 6.10 Å². The van der Waals surface area contributed by atoms with Crippen molar-refractivity contribution in [3.05, 3.63) is 44.6 Å². The van der Waals surface area contributed by atoms with E-state index in [-0.39, 0.29) is 0 Å². The molecule has 1 aromatic carbocycles. The molecule has 23 heavy (non-hydrogen) atoms. The summed E-state index contributed by atoms with van der Waals surface area (Å²) in [5.41, 5.74) is 0.862. The Hall–Kier alpha value is -1.53. The van der Waals surface area contributed by atoms with Gasteiger partial charge in [0.05, 0.1) is 10.4 Å². The summed E-state index contributed by atoms with van der Waals surface area (Å²) in [6, 6.07) is 9.55. The highest BCUT2D eigenvalue weighted by atomic mass is 79.9. The summed E-state index contributed by atoms with van der Waals surface area (Å²) in [7, 11) is 0. The first-order valence-corrected chi connectivity index (χ1v) is 8.97. The van der Waals surface area contributed by atoms with Gasteiger partial charge in [0.2, 0.25) is 0 Å². The van der Waals surface area contributed by atoms with E-state index in [2.05, 4.69) is 22.0 Å². The van der Waals surface area contributed by atoms with Gasteiger partial charge in [0.1, 0.15) is 11.5 Å². The highest BCUT2D eigenvalue weighted by molar-refractivity contribution is 9.11. The predicted octanol–water partition coefficient (Wildman–Crippen LogP) is 4.68. The molecule has 0 spiro atoms. The van der Waals surface area contributed by atoms with E-state index in [0.29, 0.717) is 18.8 Å². The molecule has 1 aromatic heterocycles. The molecule has 0 fully saturated rings. The average Bonchev–Trinajstić information content (AvgIpc) is 2.91. The molecule has 4 nitrogen and oxygen atoms in total. The highest BCUT2D eigenvalue weighted by Crippen LogP contribution is 2.26. The van der Waals surface area contributed by atoms with Crippen LogP contribution in [0.1, 0.15) is 23.8 Å². The molecule has 1 unspecified atom stereocenters. The van der Waals surface area contributed by atoms with Crippen LogP contribution in [0.3, 0.4) is 0 Å². The summed E-state index contributed by atoms with van der Waals surface area (Å²) in [4.78, 5) is 12.3. The average molecular weight is 399 g/mol. The van der Waals surface area contributed by atoms with Crippen LogP contribution in [-0.4, -0.2) is 23.8 Å². The second-order valence-electron chi connectivity index (χ2n) is 5.08. The molecule has 0 aliphatic carbocycles. The lowest BCUT2D eigenvalue weighted by molar-refractivity contribution is -0.145. The van der Waals surface area contributed by atoms with Crippen LogP contribution in [0.15, 0.2) is 34.1 Å². The molecule has 0 amide bonds. The molecule has 1 heterocycles. The molecular formula is C17H19BrO4S. The Labute approximate surface area is 148 Å². The van der Waals surface area contributed by atoms with Crippen molar-refractivity contribution < 1.29 is 19.4 Å². The monoisotopic (exact) mass is 398 g/mol. The van der Waals surface area contributed by atoms with Gasteiger partial charge < -0.3 is 14.6 Å². The van der Waals surface area contributed by atoms with Gasteiger partial charge in [-0.3, -0.25) is 0 Å². The van der Waals surface area contributed by atoms with E-state index in [1.54, 1.807) is 30.4 Å². The number of rotatable bonds is 8. The molecule has 0 saturated heterocycles. The highest BCUT2D eigenvalue weighted by Gasteiger charge is 2.17. The van der Waals surface area contributed by atoms with Crippen molar-refractivity contribution >= 4 is 33.2 Å². The fraction of sp³-hybridized carbons (Fsp3) is 0.353. The number of carboxylic acids is 1. The molecule has 6 heteroatoms. The quantitative estimate of drug-likeness (QED) is 0.700. The third kappa shape index (κ3) is 5.25. The van der Waals surface area contributed by atoms with Crippen LogP contribution < -0.4 is 9.47 Å². The van der Waals surface area contributed by atoms with E-state index in [9.17, 15) is 4.79 Å². The molecule has 1 atom stereocenters. The van der Waals surface area contributed by atoms with Crippen LogP contribution in [0.2, 0.25) is 0 Å². The van der Waals surface area contributed by atoms with Crippen molar-refractivity contribution in [1.29, 1.82) is 0 Å². The van der Waals surface area contributed by atoms with Crippen molar-refractivity contribution in [1.82, 2.24) is 0 Å². The van der Waals surface area contributed by atoms with E-state index in [1.165, 1.54) is 4.88 Å². The standard InChI is InChI=1S/C17H19BrO4S/c1-3-14(17(19)20)22-15-6-4-12(10-11(15)2)21-9-8-13-5-7-16(18)23-13/h4-7,10,14H,3,8-9H2,1-2H3,(H,19,20). The molecule has 0 radical (unpaired) electrons. The smallest absolute Gasteiger partial charge is 0.344 e. The third-order valence-electron chi connectivity index (χ3n) is 3.31. The summed E-state index contributed by atoms with van der Waals surface area (Å²) in [5.74, 6) is 0.386. The summed E-state index contributed by atoms with van der Waals surface area (Å²) >= 11 is 5.15. The second kappa shape index (κ2) is 8.36. The minimum atomic E-state index is -0.950. The number of halogens is 1. The van der Waals surface area contributed by atoms with Crippen LogP contribution in [-0.2, 0) is 11.2 Å². The number of benzene rings is 1. The van der Waals surface area contributed by atoms with E-state index in [0.717, 1.165) is 21.5 Å². The number of thiophene rings is 1. The van der Waals surface area contributed by atoms with E-state index in [1.807, 2.05) is 19.1 Å². The zero-order valence-electron chi connectivity index (χ0n) is 13.0. The molecule has 0 saturated carbocycles. The molecule has 124 valence electrons. The van der Waals surface area contributed by atoms with Gasteiger partial charge >= 0.3 is 5.97 Å². The largest absolute Gasteiger partial charge is 0.493 e. The third-order valence-corrected chi connectivity index (χ3v) is 4.99. The zero-order valence-corrected chi connectivity index (χ0v) is 15.4. The van der Waals surface area contributed by atoms with Crippen molar-refractivity contribution in [2.24, 2.45) is 0 Å². The van der Waals surface area contributed by atoms with Gasteiger partial charge in [-0.1, -0.05) is 6.92 Å². The lowest BCUT2D eigenvalue weighted by Crippen LogP contribution is -2.26. The van der Waals surface area contributed by atoms with Crippen LogP contribution in [0.4, 0.5) is 0 Å². The lowest BCUT2D eigenvalue weighted by Gasteiger charge is -2.16. The number of hydrogen-bond acceptors (Lipinski definition) is 4. The zero-order chi connectivity index (χ0) is 16.8.